The molecule has 0 aromatic carbocycles. The van der Waals surface area contributed by atoms with Crippen LogP contribution in [0, 0.1) is 17.2 Å². The molecule has 0 unspecified atom stereocenters. The molecule has 0 bridgehead atoms. The molecule has 0 saturated heterocycles. The number of nitrogens with zero attached hydrogens (tertiary/aromatic N) is 4. The molecule has 5 nitrogen and oxygen atoms in total. The summed E-state index contributed by atoms with van der Waals surface area (Å²) in [6.45, 7) is 4.79. The minimum Gasteiger partial charge on any atom is -0.381 e. The summed E-state index contributed by atoms with van der Waals surface area (Å²) in [7, 11) is 0. The molecule has 0 aliphatic heterocycles. The van der Waals surface area contributed by atoms with Gasteiger partial charge in [0, 0.05) is 6.54 Å². The summed E-state index contributed by atoms with van der Waals surface area (Å²) in [6.07, 6.45) is 0. The maximum absolute atomic E-state index is 8.52. The highest BCUT2D eigenvalue weighted by Crippen LogP contribution is 2.08. The molecule has 1 aromatic rings. The Morgan fingerprint density at radius 1 is 1.67 bits per heavy atom. The Kier molecular flexibility index (Phi) is 2.29. The van der Waals surface area contributed by atoms with Crippen LogP contribution in [-0.4, -0.2) is 15.0 Å². The summed E-state index contributed by atoms with van der Waals surface area (Å²) < 4.78 is 1.54. The van der Waals surface area contributed by atoms with E-state index in [0.29, 0.717) is 18.3 Å². The Labute approximate surface area is 70.8 Å². The van der Waals surface area contributed by atoms with Crippen molar-refractivity contribution in [1.82, 2.24) is 15.0 Å². The van der Waals surface area contributed by atoms with Crippen molar-refractivity contribution in [2.45, 2.75) is 20.4 Å². The Bertz CT molecular complexity index is 306. The van der Waals surface area contributed by atoms with Crippen LogP contribution in [0.4, 0.5) is 5.82 Å². The fourth-order valence-corrected chi connectivity index (χ4v) is 0.881. The second-order valence-electron chi connectivity index (χ2n) is 3.01. The van der Waals surface area contributed by atoms with Gasteiger partial charge in [0.2, 0.25) is 5.69 Å². The molecule has 0 aliphatic rings. The van der Waals surface area contributed by atoms with E-state index in [1.54, 1.807) is 4.68 Å². The molecular formula is C7H11N5. The highest BCUT2D eigenvalue weighted by Gasteiger charge is 2.08. The number of hydrogen-bond donors (Lipinski definition) is 1. The van der Waals surface area contributed by atoms with Crippen molar-refractivity contribution in [2.75, 3.05) is 5.73 Å². The topological polar surface area (TPSA) is 80.5 Å². The number of rotatable bonds is 2. The van der Waals surface area contributed by atoms with E-state index < -0.39 is 0 Å². The van der Waals surface area contributed by atoms with E-state index >= 15 is 0 Å². The third-order valence-corrected chi connectivity index (χ3v) is 1.42. The Hall–Kier alpha value is -1.57. The third kappa shape index (κ3) is 1.53. The molecule has 0 fully saturated rings. The molecule has 0 radical (unpaired) electrons. The first kappa shape index (κ1) is 8.53. The molecule has 0 spiro atoms. The van der Waals surface area contributed by atoms with Gasteiger partial charge in [0.1, 0.15) is 6.07 Å². The van der Waals surface area contributed by atoms with Crippen molar-refractivity contribution in [2.24, 2.45) is 5.92 Å². The zero-order valence-corrected chi connectivity index (χ0v) is 7.15. The van der Waals surface area contributed by atoms with Crippen LogP contribution in [0.15, 0.2) is 0 Å². The molecule has 0 saturated carbocycles. The first-order valence-corrected chi connectivity index (χ1v) is 3.74. The first-order valence-electron chi connectivity index (χ1n) is 3.74. The van der Waals surface area contributed by atoms with E-state index in [-0.39, 0.29) is 5.69 Å². The van der Waals surface area contributed by atoms with Gasteiger partial charge in [-0.25, -0.2) is 4.68 Å². The molecule has 0 aliphatic carbocycles. The smallest absolute Gasteiger partial charge is 0.206 e. The summed E-state index contributed by atoms with van der Waals surface area (Å²) in [4.78, 5) is 0. The van der Waals surface area contributed by atoms with E-state index in [4.69, 9.17) is 11.0 Å². The highest BCUT2D eigenvalue weighted by atomic mass is 15.4. The molecule has 12 heavy (non-hydrogen) atoms. The molecule has 0 amide bonds. The number of nitriles is 1. The summed E-state index contributed by atoms with van der Waals surface area (Å²) in [6, 6.07) is 1.87. The van der Waals surface area contributed by atoms with Crippen LogP contribution in [0.3, 0.4) is 0 Å². The van der Waals surface area contributed by atoms with Crippen molar-refractivity contribution in [3.63, 3.8) is 0 Å². The molecule has 1 rings (SSSR count). The second-order valence-corrected chi connectivity index (χ2v) is 3.01. The minimum absolute atomic E-state index is 0.204. The molecule has 5 heteroatoms. The maximum atomic E-state index is 8.52. The quantitative estimate of drug-likeness (QED) is 0.687. The SMILES string of the molecule is CC(C)Cn1nnc(C#N)c1N. The fraction of sp³-hybridized carbons (Fsp3) is 0.571. The molecule has 2 N–H and O–H groups in total. The number of hydrogen-bond acceptors (Lipinski definition) is 4. The monoisotopic (exact) mass is 165 g/mol. The molecule has 1 aromatic heterocycles. The van der Waals surface area contributed by atoms with E-state index in [9.17, 15) is 0 Å². The van der Waals surface area contributed by atoms with Crippen LogP contribution in [0.25, 0.3) is 0 Å². The van der Waals surface area contributed by atoms with Crippen LogP contribution in [-0.2, 0) is 6.54 Å². The summed E-state index contributed by atoms with van der Waals surface area (Å²) in [5.41, 5.74) is 5.78. The van der Waals surface area contributed by atoms with E-state index in [0.717, 1.165) is 0 Å². The van der Waals surface area contributed by atoms with Gasteiger partial charge in [0.05, 0.1) is 0 Å². The Balaban J connectivity index is 2.89. The van der Waals surface area contributed by atoms with Crippen molar-refractivity contribution < 1.29 is 0 Å². The number of nitrogen functional groups attached to an aromatic ring is 1. The lowest BCUT2D eigenvalue weighted by Crippen LogP contribution is -2.09. The summed E-state index contributed by atoms with van der Waals surface area (Å²) in [5, 5.41) is 15.9. The van der Waals surface area contributed by atoms with Gasteiger partial charge < -0.3 is 5.73 Å². The first-order chi connectivity index (χ1) is 5.65. The van der Waals surface area contributed by atoms with Gasteiger partial charge in [-0.05, 0) is 5.92 Å². The zero-order chi connectivity index (χ0) is 9.14. The lowest BCUT2D eigenvalue weighted by molar-refractivity contribution is 0.477. The van der Waals surface area contributed by atoms with E-state index in [1.165, 1.54) is 0 Å². The third-order valence-electron chi connectivity index (χ3n) is 1.42. The fourth-order valence-electron chi connectivity index (χ4n) is 0.881. The lowest BCUT2D eigenvalue weighted by Gasteiger charge is -2.04. The van der Waals surface area contributed by atoms with Crippen molar-refractivity contribution in [1.29, 1.82) is 5.26 Å². The van der Waals surface area contributed by atoms with Gasteiger partial charge in [-0.2, -0.15) is 5.26 Å². The van der Waals surface area contributed by atoms with Crippen LogP contribution < -0.4 is 5.73 Å². The van der Waals surface area contributed by atoms with Gasteiger partial charge in [0.25, 0.3) is 0 Å². The van der Waals surface area contributed by atoms with Gasteiger partial charge >= 0.3 is 0 Å². The van der Waals surface area contributed by atoms with Crippen LogP contribution in [0.1, 0.15) is 19.5 Å². The van der Waals surface area contributed by atoms with Gasteiger partial charge in [0.15, 0.2) is 5.82 Å². The normalized spacial score (nSPS) is 10.2. The number of aromatic nitrogens is 3. The average molecular weight is 165 g/mol. The van der Waals surface area contributed by atoms with Crippen LogP contribution >= 0.6 is 0 Å². The zero-order valence-electron chi connectivity index (χ0n) is 7.15. The van der Waals surface area contributed by atoms with Gasteiger partial charge in [-0.1, -0.05) is 19.1 Å². The predicted octanol–water partition coefficient (Wildman–Crippen LogP) is 0.388. The van der Waals surface area contributed by atoms with Crippen molar-refractivity contribution in [3.05, 3.63) is 5.69 Å². The molecular weight excluding hydrogens is 154 g/mol. The molecule has 0 atom stereocenters. The maximum Gasteiger partial charge on any atom is 0.206 e. The summed E-state index contributed by atoms with van der Waals surface area (Å²) >= 11 is 0. The van der Waals surface area contributed by atoms with Gasteiger partial charge in [-0.15, -0.1) is 5.10 Å². The van der Waals surface area contributed by atoms with Crippen molar-refractivity contribution in [3.8, 4) is 6.07 Å². The van der Waals surface area contributed by atoms with Crippen LogP contribution in [0.2, 0.25) is 0 Å². The van der Waals surface area contributed by atoms with E-state index in [1.807, 2.05) is 19.9 Å². The van der Waals surface area contributed by atoms with E-state index in [2.05, 4.69) is 10.3 Å². The standard InChI is InChI=1S/C7H11N5/c1-5(2)4-12-7(9)6(3-8)10-11-12/h5H,4,9H2,1-2H3. The Morgan fingerprint density at radius 3 is 2.75 bits per heavy atom. The van der Waals surface area contributed by atoms with Crippen molar-refractivity contribution >= 4 is 5.82 Å². The number of anilines is 1. The molecule has 64 valence electrons. The minimum atomic E-state index is 0.204. The Morgan fingerprint density at radius 2 is 2.33 bits per heavy atom. The van der Waals surface area contributed by atoms with Crippen LogP contribution in [0.5, 0.6) is 0 Å². The predicted molar refractivity (Wildman–Crippen MR) is 44.0 cm³/mol. The second kappa shape index (κ2) is 3.22. The summed E-state index contributed by atoms with van der Waals surface area (Å²) in [5.74, 6) is 0.798. The number of nitrogens with two attached hydrogens (primary N) is 1. The van der Waals surface area contributed by atoms with Gasteiger partial charge in [-0.3, -0.25) is 0 Å². The largest absolute Gasteiger partial charge is 0.381 e. The molecule has 1 heterocycles. The average Bonchev–Trinajstić information content (AvgIpc) is 2.32. The highest BCUT2D eigenvalue weighted by molar-refractivity contribution is 5.42. The lowest BCUT2D eigenvalue weighted by atomic mass is 10.2.